The Hall–Kier alpha value is -2.56. The van der Waals surface area contributed by atoms with E-state index in [9.17, 15) is 9.59 Å². The minimum absolute atomic E-state index is 0.126. The van der Waals surface area contributed by atoms with Crippen LogP contribution >= 0.6 is 0 Å². The lowest BCUT2D eigenvalue weighted by molar-refractivity contribution is 0.102. The summed E-state index contributed by atoms with van der Waals surface area (Å²) >= 11 is 0. The van der Waals surface area contributed by atoms with Gasteiger partial charge in [-0.1, -0.05) is 0 Å². The van der Waals surface area contributed by atoms with Gasteiger partial charge >= 0.3 is 0 Å². The maximum Gasteiger partial charge on any atom is 0.261 e. The first kappa shape index (κ1) is 13.9. The maximum atomic E-state index is 12.1. The van der Waals surface area contributed by atoms with Crippen LogP contribution in [0.4, 0.5) is 5.69 Å². The Balaban J connectivity index is 2.17. The highest BCUT2D eigenvalue weighted by Crippen LogP contribution is 2.16. The first-order chi connectivity index (χ1) is 9.61. The molecule has 2 N–H and O–H groups in total. The average molecular weight is 272 g/mol. The molecule has 1 aromatic carbocycles. The zero-order valence-electron chi connectivity index (χ0n) is 11.4. The number of rotatable bonds is 4. The summed E-state index contributed by atoms with van der Waals surface area (Å²) < 4.78 is 5.32. The second-order valence-corrected chi connectivity index (χ2v) is 4.28. The largest absolute Gasteiger partial charge is 0.494 e. The Kier molecular flexibility index (Phi) is 4.20. The van der Waals surface area contributed by atoms with Crippen molar-refractivity contribution in [1.82, 2.24) is 4.98 Å². The fourth-order valence-corrected chi connectivity index (χ4v) is 1.85. The molecule has 0 atom stereocenters. The van der Waals surface area contributed by atoms with Crippen molar-refractivity contribution in [2.24, 2.45) is 0 Å². The molecule has 104 valence electrons. The van der Waals surface area contributed by atoms with Crippen molar-refractivity contribution in [2.45, 2.75) is 13.8 Å². The van der Waals surface area contributed by atoms with Crippen molar-refractivity contribution >= 4 is 11.6 Å². The summed E-state index contributed by atoms with van der Waals surface area (Å²) in [4.78, 5) is 26.3. The van der Waals surface area contributed by atoms with Crippen LogP contribution in [0.3, 0.4) is 0 Å². The summed E-state index contributed by atoms with van der Waals surface area (Å²) in [5.41, 5.74) is 0.980. The van der Waals surface area contributed by atoms with E-state index in [1.54, 1.807) is 37.3 Å². The highest BCUT2D eigenvalue weighted by atomic mass is 16.5. The van der Waals surface area contributed by atoms with E-state index in [4.69, 9.17) is 4.74 Å². The number of hydrogen-bond acceptors (Lipinski definition) is 3. The molecule has 0 saturated heterocycles. The molecule has 1 heterocycles. The van der Waals surface area contributed by atoms with Gasteiger partial charge in [0, 0.05) is 11.9 Å². The summed E-state index contributed by atoms with van der Waals surface area (Å²) in [6.07, 6.45) is 1.52. The number of hydrogen-bond donors (Lipinski definition) is 2. The molecule has 0 spiro atoms. The number of carbonyl (C=O) groups excluding carboxylic acids is 1. The maximum absolute atomic E-state index is 12.1. The lowest BCUT2D eigenvalue weighted by atomic mass is 10.1. The predicted molar refractivity (Wildman–Crippen MR) is 77.4 cm³/mol. The summed E-state index contributed by atoms with van der Waals surface area (Å²) in [5, 5.41) is 2.69. The Morgan fingerprint density at radius 2 is 1.95 bits per heavy atom. The van der Waals surface area contributed by atoms with Gasteiger partial charge in [-0.05, 0) is 49.7 Å². The van der Waals surface area contributed by atoms with Gasteiger partial charge in [0.2, 0.25) is 0 Å². The number of ether oxygens (including phenoxy) is 1. The predicted octanol–water partition coefficient (Wildman–Crippen LogP) is 2.33. The Bertz CT molecular complexity index is 660. The molecule has 0 unspecified atom stereocenters. The van der Waals surface area contributed by atoms with Crippen LogP contribution in [0.25, 0.3) is 0 Å². The molecule has 0 fully saturated rings. The molecule has 20 heavy (non-hydrogen) atoms. The molecular formula is C15H16N2O3. The van der Waals surface area contributed by atoms with Gasteiger partial charge < -0.3 is 15.0 Å². The molecular weight excluding hydrogens is 256 g/mol. The number of aromatic amines is 1. The minimum Gasteiger partial charge on any atom is -0.494 e. The molecule has 0 saturated carbocycles. The second-order valence-electron chi connectivity index (χ2n) is 4.28. The average Bonchev–Trinajstić information content (AvgIpc) is 2.41. The van der Waals surface area contributed by atoms with Gasteiger partial charge in [0.05, 0.1) is 6.61 Å². The summed E-state index contributed by atoms with van der Waals surface area (Å²) in [6.45, 7) is 4.22. The van der Waals surface area contributed by atoms with E-state index in [1.165, 1.54) is 6.20 Å². The highest BCUT2D eigenvalue weighted by molar-refractivity contribution is 6.04. The fourth-order valence-electron chi connectivity index (χ4n) is 1.85. The van der Waals surface area contributed by atoms with Gasteiger partial charge in [-0.25, -0.2) is 0 Å². The molecule has 1 amide bonds. The van der Waals surface area contributed by atoms with E-state index >= 15 is 0 Å². The molecule has 0 bridgehead atoms. The van der Waals surface area contributed by atoms with Gasteiger partial charge in [0.1, 0.15) is 11.3 Å². The van der Waals surface area contributed by atoms with Crippen molar-refractivity contribution in [3.8, 4) is 5.75 Å². The van der Waals surface area contributed by atoms with Crippen LogP contribution in [-0.4, -0.2) is 17.5 Å². The van der Waals surface area contributed by atoms with E-state index in [0.29, 0.717) is 17.9 Å². The summed E-state index contributed by atoms with van der Waals surface area (Å²) in [5.74, 6) is 0.313. The third-order valence-electron chi connectivity index (χ3n) is 2.82. The Labute approximate surface area is 116 Å². The molecule has 0 aliphatic heterocycles. The molecule has 5 nitrogen and oxygen atoms in total. The van der Waals surface area contributed by atoms with E-state index < -0.39 is 11.5 Å². The van der Waals surface area contributed by atoms with Gasteiger partial charge in [-0.2, -0.15) is 0 Å². The Morgan fingerprint density at radius 3 is 2.55 bits per heavy atom. The number of nitrogens with one attached hydrogen (secondary N) is 2. The van der Waals surface area contributed by atoms with Crippen molar-refractivity contribution < 1.29 is 9.53 Å². The molecule has 0 aliphatic carbocycles. The standard InChI is InChI=1S/C15H16N2O3/c1-3-20-12-6-4-11(5-7-12)17-15(19)13-10(2)8-9-16-14(13)18/h4-9H,3H2,1-2H3,(H,16,18)(H,17,19). The number of benzene rings is 1. The van der Waals surface area contributed by atoms with E-state index in [0.717, 1.165) is 5.75 Å². The van der Waals surface area contributed by atoms with Crippen molar-refractivity contribution in [1.29, 1.82) is 0 Å². The number of H-pyrrole nitrogens is 1. The Morgan fingerprint density at radius 1 is 1.25 bits per heavy atom. The minimum atomic E-state index is -0.423. The van der Waals surface area contributed by atoms with E-state index in [-0.39, 0.29) is 5.56 Å². The van der Waals surface area contributed by atoms with Crippen LogP contribution in [0.1, 0.15) is 22.8 Å². The fraction of sp³-hybridized carbons (Fsp3) is 0.200. The third kappa shape index (κ3) is 3.06. The van der Waals surface area contributed by atoms with Gasteiger partial charge in [0.15, 0.2) is 0 Å². The molecule has 2 rings (SSSR count). The number of carbonyl (C=O) groups is 1. The topological polar surface area (TPSA) is 71.2 Å². The molecule has 2 aromatic rings. The lowest BCUT2D eigenvalue weighted by Crippen LogP contribution is -2.24. The quantitative estimate of drug-likeness (QED) is 0.897. The molecule has 5 heteroatoms. The van der Waals surface area contributed by atoms with Crippen molar-refractivity contribution in [3.63, 3.8) is 0 Å². The van der Waals surface area contributed by atoms with Crippen LogP contribution in [0.15, 0.2) is 41.3 Å². The molecule has 0 radical (unpaired) electrons. The SMILES string of the molecule is CCOc1ccc(NC(=O)c2c(C)cc[nH]c2=O)cc1. The van der Waals surface area contributed by atoms with Crippen LogP contribution in [0.5, 0.6) is 5.75 Å². The van der Waals surface area contributed by atoms with Crippen LogP contribution < -0.4 is 15.6 Å². The lowest BCUT2D eigenvalue weighted by Gasteiger charge is -2.08. The van der Waals surface area contributed by atoms with Gasteiger partial charge in [-0.15, -0.1) is 0 Å². The second kappa shape index (κ2) is 6.06. The first-order valence-corrected chi connectivity index (χ1v) is 6.34. The zero-order valence-corrected chi connectivity index (χ0v) is 11.4. The number of aromatic nitrogens is 1. The number of amides is 1. The van der Waals surface area contributed by atoms with Crippen LogP contribution in [0, 0.1) is 6.92 Å². The molecule has 1 aromatic heterocycles. The zero-order chi connectivity index (χ0) is 14.5. The van der Waals surface area contributed by atoms with Crippen molar-refractivity contribution in [2.75, 3.05) is 11.9 Å². The highest BCUT2D eigenvalue weighted by Gasteiger charge is 2.13. The smallest absolute Gasteiger partial charge is 0.261 e. The van der Waals surface area contributed by atoms with Crippen LogP contribution in [0.2, 0.25) is 0 Å². The van der Waals surface area contributed by atoms with E-state index in [1.807, 2.05) is 6.92 Å². The number of aryl methyl sites for hydroxylation is 1. The third-order valence-corrected chi connectivity index (χ3v) is 2.82. The van der Waals surface area contributed by atoms with Gasteiger partial charge in [0.25, 0.3) is 11.5 Å². The van der Waals surface area contributed by atoms with E-state index in [2.05, 4.69) is 10.3 Å². The van der Waals surface area contributed by atoms with Crippen molar-refractivity contribution in [3.05, 3.63) is 58.0 Å². The summed E-state index contributed by atoms with van der Waals surface area (Å²) in [6, 6.07) is 8.68. The number of pyridine rings is 1. The number of anilines is 1. The van der Waals surface area contributed by atoms with Gasteiger partial charge in [-0.3, -0.25) is 9.59 Å². The molecule has 0 aliphatic rings. The first-order valence-electron chi connectivity index (χ1n) is 6.34. The normalized spacial score (nSPS) is 10.1. The summed E-state index contributed by atoms with van der Waals surface area (Å²) in [7, 11) is 0. The van der Waals surface area contributed by atoms with Crippen LogP contribution in [-0.2, 0) is 0 Å². The monoisotopic (exact) mass is 272 g/mol.